The third-order valence-corrected chi connectivity index (χ3v) is 8.65. The van der Waals surface area contributed by atoms with Crippen LogP contribution < -0.4 is 25.4 Å². The van der Waals surface area contributed by atoms with Crippen molar-refractivity contribution in [1.82, 2.24) is 25.0 Å². The van der Waals surface area contributed by atoms with Gasteiger partial charge in [-0.3, -0.25) is 4.72 Å². The Kier molecular flexibility index (Phi) is 6.69. The number of nitrogen functional groups attached to an aromatic ring is 1. The molecule has 1 atom stereocenters. The fourth-order valence-electron chi connectivity index (χ4n) is 5.48. The Hall–Kier alpha value is -2.88. The van der Waals surface area contributed by atoms with Crippen molar-refractivity contribution >= 4 is 23.6 Å². The molecule has 1 fully saturated rings. The highest BCUT2D eigenvalue weighted by Crippen LogP contribution is 2.39. The summed E-state index contributed by atoms with van der Waals surface area (Å²) in [7, 11) is 0. The van der Waals surface area contributed by atoms with Crippen molar-refractivity contribution in [2.45, 2.75) is 57.0 Å². The number of fused-ring (bicyclic) bond motifs is 2. The number of pyridine rings is 1. The van der Waals surface area contributed by atoms with Crippen LogP contribution in [0.25, 0.3) is 11.1 Å². The molecule has 1 saturated heterocycles. The number of hydrogen-bond acceptors (Lipinski definition) is 9. The highest BCUT2D eigenvalue weighted by Gasteiger charge is 2.30. The molecular weight excluding hydrogens is 482 g/mol. The predicted octanol–water partition coefficient (Wildman–Crippen LogP) is 3.99. The van der Waals surface area contributed by atoms with Crippen LogP contribution in [-0.2, 0) is 19.4 Å². The van der Waals surface area contributed by atoms with Crippen molar-refractivity contribution < 1.29 is 4.74 Å². The summed E-state index contributed by atoms with van der Waals surface area (Å²) < 4.78 is 9.70. The summed E-state index contributed by atoms with van der Waals surface area (Å²) in [4.78, 5) is 17.2. The van der Waals surface area contributed by atoms with Gasteiger partial charge in [-0.25, -0.2) is 15.0 Å². The number of nitrogens with two attached hydrogens (primary N) is 1. The van der Waals surface area contributed by atoms with Gasteiger partial charge in [0.25, 0.3) is 0 Å². The van der Waals surface area contributed by atoms with Gasteiger partial charge in [0.05, 0.1) is 11.4 Å². The molecule has 1 unspecified atom stereocenters. The predicted molar refractivity (Wildman–Crippen MR) is 149 cm³/mol. The molecule has 1 aliphatic carbocycles. The number of aromatic nitrogens is 3. The van der Waals surface area contributed by atoms with E-state index in [9.17, 15) is 0 Å². The number of anilines is 2. The van der Waals surface area contributed by atoms with Crippen LogP contribution in [0.15, 0.2) is 41.7 Å². The SMILES string of the molecule is CC1(C)CCc2ncnc(N3CCOc4ccc(-c5cnc(N)c(SNC6CCNC6)c5)cc4C3)c2C1. The minimum Gasteiger partial charge on any atom is -0.491 e. The van der Waals surface area contributed by atoms with Crippen LogP contribution >= 0.6 is 11.9 Å². The van der Waals surface area contributed by atoms with Crippen LogP contribution in [0.2, 0.25) is 0 Å². The van der Waals surface area contributed by atoms with Gasteiger partial charge in [0.2, 0.25) is 0 Å². The minimum absolute atomic E-state index is 0.265. The lowest BCUT2D eigenvalue weighted by Crippen LogP contribution is -2.31. The fraction of sp³-hybridized carbons (Fsp3) is 0.464. The smallest absolute Gasteiger partial charge is 0.138 e. The van der Waals surface area contributed by atoms with Crippen molar-refractivity contribution in [3.63, 3.8) is 0 Å². The number of aryl methyl sites for hydroxylation is 1. The molecule has 9 heteroatoms. The fourth-order valence-corrected chi connectivity index (χ4v) is 6.32. The van der Waals surface area contributed by atoms with Crippen LogP contribution in [0.4, 0.5) is 11.6 Å². The van der Waals surface area contributed by atoms with E-state index >= 15 is 0 Å². The highest BCUT2D eigenvalue weighted by atomic mass is 32.2. The van der Waals surface area contributed by atoms with Gasteiger partial charge in [0.1, 0.15) is 30.3 Å². The zero-order chi connectivity index (χ0) is 25.4. The zero-order valence-electron chi connectivity index (χ0n) is 21.6. The van der Waals surface area contributed by atoms with Crippen molar-refractivity contribution in [2.24, 2.45) is 5.41 Å². The molecule has 8 nitrogen and oxygen atoms in total. The van der Waals surface area contributed by atoms with Gasteiger partial charge >= 0.3 is 0 Å². The molecule has 4 heterocycles. The summed E-state index contributed by atoms with van der Waals surface area (Å²) in [5.74, 6) is 2.54. The molecular formula is C28H35N7OS. The first-order valence-corrected chi connectivity index (χ1v) is 14.0. The van der Waals surface area contributed by atoms with Crippen LogP contribution in [0.1, 0.15) is 43.5 Å². The van der Waals surface area contributed by atoms with E-state index in [1.165, 1.54) is 11.3 Å². The molecule has 194 valence electrons. The van der Waals surface area contributed by atoms with Gasteiger partial charge in [0.15, 0.2) is 0 Å². The van der Waals surface area contributed by atoms with Crippen molar-refractivity contribution in [3.8, 4) is 16.9 Å². The zero-order valence-corrected chi connectivity index (χ0v) is 22.4. The van der Waals surface area contributed by atoms with Crippen LogP contribution in [0.5, 0.6) is 5.75 Å². The minimum atomic E-state index is 0.265. The average Bonchev–Trinajstić information content (AvgIpc) is 3.32. The Morgan fingerprint density at radius 2 is 2.11 bits per heavy atom. The molecule has 3 aliphatic rings. The van der Waals surface area contributed by atoms with E-state index in [1.54, 1.807) is 18.3 Å². The van der Waals surface area contributed by atoms with E-state index < -0.39 is 0 Å². The molecule has 2 aromatic heterocycles. The van der Waals surface area contributed by atoms with E-state index in [0.717, 1.165) is 85.0 Å². The quantitative estimate of drug-likeness (QED) is 0.434. The molecule has 0 radical (unpaired) electrons. The van der Waals surface area contributed by atoms with E-state index in [0.29, 0.717) is 18.5 Å². The van der Waals surface area contributed by atoms with Crippen LogP contribution in [-0.4, -0.2) is 47.2 Å². The Labute approximate surface area is 223 Å². The maximum absolute atomic E-state index is 6.21. The van der Waals surface area contributed by atoms with E-state index in [-0.39, 0.29) is 5.41 Å². The normalized spacial score (nSPS) is 20.6. The lowest BCUT2D eigenvalue weighted by molar-refractivity contribution is 0.310. The van der Waals surface area contributed by atoms with Crippen molar-refractivity contribution in [3.05, 3.63) is 53.6 Å². The summed E-state index contributed by atoms with van der Waals surface area (Å²) in [6, 6.07) is 8.99. The number of benzene rings is 1. The summed E-state index contributed by atoms with van der Waals surface area (Å²) in [6.45, 7) is 8.87. The molecule has 2 aliphatic heterocycles. The van der Waals surface area contributed by atoms with Crippen LogP contribution in [0.3, 0.4) is 0 Å². The molecule has 0 bridgehead atoms. The molecule has 3 aromatic rings. The molecule has 0 amide bonds. The topological polar surface area (TPSA) is 101 Å². The van der Waals surface area contributed by atoms with Crippen LogP contribution in [0, 0.1) is 5.41 Å². The number of ether oxygens (including phenoxy) is 1. The van der Waals surface area contributed by atoms with E-state index in [1.807, 2.05) is 6.20 Å². The second-order valence-electron chi connectivity index (χ2n) is 11.1. The number of nitrogens with zero attached hydrogens (tertiary/aromatic N) is 4. The number of hydrogen-bond donors (Lipinski definition) is 3. The lowest BCUT2D eigenvalue weighted by Gasteiger charge is -2.33. The Bertz CT molecular complexity index is 1290. The van der Waals surface area contributed by atoms with Gasteiger partial charge in [-0.1, -0.05) is 19.9 Å². The summed E-state index contributed by atoms with van der Waals surface area (Å²) >= 11 is 1.57. The van der Waals surface area contributed by atoms with Gasteiger partial charge in [0, 0.05) is 47.7 Å². The number of rotatable bonds is 5. The van der Waals surface area contributed by atoms with Gasteiger partial charge in [-0.15, -0.1) is 0 Å². The summed E-state index contributed by atoms with van der Waals surface area (Å²) in [6.07, 6.45) is 7.88. The average molecular weight is 518 g/mol. The van der Waals surface area contributed by atoms with Gasteiger partial charge < -0.3 is 20.7 Å². The summed E-state index contributed by atoms with van der Waals surface area (Å²) in [5.41, 5.74) is 12.3. The van der Waals surface area contributed by atoms with Gasteiger partial charge in [-0.05, 0) is 73.4 Å². The largest absolute Gasteiger partial charge is 0.491 e. The first kappa shape index (κ1) is 24.5. The monoisotopic (exact) mass is 517 g/mol. The standard InChI is InChI=1S/C28H35N7OS/c1-28(2)7-5-23-22(13-28)27(33-17-32-23)35-9-10-36-24-4-3-18(11-20(24)16-35)19-12-25(26(29)31-14-19)37-34-21-6-8-30-15-21/h3-4,11-12,14,17,21,30,34H,5-10,13,15-16H2,1-2H3,(H2,29,31). The summed E-state index contributed by atoms with van der Waals surface area (Å²) in [5, 5.41) is 3.38. The van der Waals surface area contributed by atoms with E-state index in [2.05, 4.69) is 63.0 Å². The van der Waals surface area contributed by atoms with Gasteiger partial charge in [-0.2, -0.15) is 0 Å². The molecule has 37 heavy (non-hydrogen) atoms. The maximum Gasteiger partial charge on any atom is 0.138 e. The van der Waals surface area contributed by atoms with Crippen molar-refractivity contribution in [1.29, 1.82) is 0 Å². The third-order valence-electron chi connectivity index (χ3n) is 7.66. The molecule has 6 rings (SSSR count). The van der Waals surface area contributed by atoms with Crippen molar-refractivity contribution in [2.75, 3.05) is 36.9 Å². The Morgan fingerprint density at radius 3 is 2.97 bits per heavy atom. The van der Waals surface area contributed by atoms with E-state index in [4.69, 9.17) is 15.5 Å². The molecule has 0 saturated carbocycles. The maximum atomic E-state index is 6.21. The Balaban J connectivity index is 1.27. The first-order valence-electron chi connectivity index (χ1n) is 13.2. The lowest BCUT2D eigenvalue weighted by atomic mass is 9.76. The first-order chi connectivity index (χ1) is 17.9. The second kappa shape index (κ2) is 10.1. The number of nitrogens with one attached hydrogen (secondary N) is 2. The third kappa shape index (κ3) is 5.26. The second-order valence-corrected chi connectivity index (χ2v) is 12.0. The molecule has 4 N–H and O–H groups in total. The Morgan fingerprint density at radius 1 is 1.19 bits per heavy atom. The highest BCUT2D eigenvalue weighted by molar-refractivity contribution is 7.97. The molecule has 1 aromatic carbocycles. The molecule has 0 spiro atoms.